The Kier molecular flexibility index (Phi) is 5.20. The van der Waals surface area contributed by atoms with Gasteiger partial charge < -0.3 is 15.4 Å². The van der Waals surface area contributed by atoms with Crippen molar-refractivity contribution in [1.29, 1.82) is 0 Å². The first-order valence-corrected chi connectivity index (χ1v) is 8.81. The summed E-state index contributed by atoms with van der Waals surface area (Å²) in [6, 6.07) is -0.750. The second-order valence-corrected chi connectivity index (χ2v) is 7.46. The average molecular weight is 331 g/mol. The summed E-state index contributed by atoms with van der Waals surface area (Å²) in [5.41, 5.74) is -0.623. The van der Waals surface area contributed by atoms with Crippen LogP contribution in [0.2, 0.25) is 0 Å². The highest BCUT2D eigenvalue weighted by atomic mass is 32.2. The van der Waals surface area contributed by atoms with Crippen LogP contribution in [0.5, 0.6) is 0 Å². The topological polar surface area (TPSA) is 114 Å². The van der Waals surface area contributed by atoms with Gasteiger partial charge in [0.2, 0.25) is 21.8 Å². The molecule has 2 rings (SSSR count). The molecule has 9 heteroatoms. The molecule has 0 aliphatic carbocycles. The van der Waals surface area contributed by atoms with Crippen LogP contribution in [0.4, 0.5) is 0 Å². The number of hydrogen-bond acceptors (Lipinski definition) is 5. The largest absolute Gasteiger partial charge is 0.381 e. The van der Waals surface area contributed by atoms with E-state index in [4.69, 9.17) is 4.74 Å². The monoisotopic (exact) mass is 331 g/mol. The predicted molar refractivity (Wildman–Crippen MR) is 79.5 cm³/mol. The number of hydrogen-bond donors (Lipinski definition) is 3. The van der Waals surface area contributed by atoms with Gasteiger partial charge in [-0.15, -0.1) is 0 Å². The highest BCUT2D eigenvalue weighted by molar-refractivity contribution is 7.89. The predicted octanol–water partition coefficient (Wildman–Crippen LogP) is -1.35. The molecule has 2 fully saturated rings. The molecule has 0 saturated carbocycles. The zero-order valence-corrected chi connectivity index (χ0v) is 13.1. The third-order valence-corrected chi connectivity index (χ3v) is 5.36. The molecule has 2 heterocycles. The van der Waals surface area contributed by atoms with Gasteiger partial charge in [-0.2, -0.15) is 0 Å². The molecule has 1 atom stereocenters. The van der Waals surface area contributed by atoms with Crippen molar-refractivity contribution < 1.29 is 22.7 Å². The molecule has 124 valence electrons. The summed E-state index contributed by atoms with van der Waals surface area (Å²) in [6.45, 7) is 4.59. The molecule has 2 aliphatic rings. The van der Waals surface area contributed by atoms with Crippen molar-refractivity contribution >= 4 is 21.8 Å². The number of nitrogens with one attached hydrogen (secondary N) is 3. The van der Waals surface area contributed by atoms with Gasteiger partial charge in [0, 0.05) is 19.8 Å². The zero-order valence-electron chi connectivity index (χ0n) is 12.3. The Bertz CT molecular complexity index is 554. The molecule has 0 bridgehead atoms. The van der Waals surface area contributed by atoms with Crippen LogP contribution in [0.15, 0.2) is 12.7 Å². The molecule has 8 nitrogen and oxygen atoms in total. The normalized spacial score (nSPS) is 26.1. The fraction of sp³-hybridized carbons (Fsp3) is 0.692. The third-order valence-electron chi connectivity index (χ3n) is 3.94. The minimum Gasteiger partial charge on any atom is -0.381 e. The van der Waals surface area contributed by atoms with Gasteiger partial charge in [-0.25, -0.2) is 13.1 Å². The number of ether oxygens (including phenoxy) is 1. The van der Waals surface area contributed by atoms with Gasteiger partial charge in [0.1, 0.15) is 6.04 Å². The Balaban J connectivity index is 2.01. The zero-order chi connectivity index (χ0) is 16.2. The van der Waals surface area contributed by atoms with Crippen molar-refractivity contribution in [2.45, 2.75) is 30.8 Å². The molecule has 3 N–H and O–H groups in total. The van der Waals surface area contributed by atoms with Crippen LogP contribution < -0.4 is 15.4 Å². The molecule has 0 spiro atoms. The van der Waals surface area contributed by atoms with Gasteiger partial charge in [0.15, 0.2) is 0 Å². The maximum Gasteiger partial charge on any atom is 0.243 e. The molecule has 2 saturated heterocycles. The van der Waals surface area contributed by atoms with Crippen molar-refractivity contribution in [1.82, 2.24) is 15.4 Å². The summed E-state index contributed by atoms with van der Waals surface area (Å²) >= 11 is 0. The molecular formula is C13H21N3O5S. The average Bonchev–Trinajstić information content (AvgIpc) is 2.86. The SMILES string of the molecule is C=CC(=O)NCC1(NC(=O)C2CCS(=O)(=O)N2)CCOCC1. The van der Waals surface area contributed by atoms with Crippen molar-refractivity contribution in [2.24, 2.45) is 0 Å². The first-order chi connectivity index (χ1) is 10.4. The van der Waals surface area contributed by atoms with Gasteiger partial charge in [-0.3, -0.25) is 9.59 Å². The van der Waals surface area contributed by atoms with Gasteiger partial charge in [0.25, 0.3) is 0 Å². The first-order valence-electron chi connectivity index (χ1n) is 7.16. The lowest BCUT2D eigenvalue weighted by Gasteiger charge is -2.38. The fourth-order valence-electron chi connectivity index (χ4n) is 2.58. The molecule has 0 radical (unpaired) electrons. The van der Waals surface area contributed by atoms with E-state index in [2.05, 4.69) is 21.9 Å². The van der Waals surface area contributed by atoms with E-state index < -0.39 is 21.6 Å². The van der Waals surface area contributed by atoms with Gasteiger partial charge in [-0.1, -0.05) is 6.58 Å². The van der Waals surface area contributed by atoms with E-state index in [9.17, 15) is 18.0 Å². The van der Waals surface area contributed by atoms with Gasteiger partial charge in [-0.05, 0) is 25.3 Å². The van der Waals surface area contributed by atoms with Crippen molar-refractivity contribution in [3.63, 3.8) is 0 Å². The minimum atomic E-state index is -3.35. The Morgan fingerprint density at radius 1 is 1.36 bits per heavy atom. The van der Waals surface area contributed by atoms with Crippen LogP contribution >= 0.6 is 0 Å². The summed E-state index contributed by atoms with van der Waals surface area (Å²) in [6.07, 6.45) is 2.52. The molecule has 0 aromatic rings. The second-order valence-electron chi connectivity index (χ2n) is 5.58. The summed E-state index contributed by atoms with van der Waals surface area (Å²) in [5, 5.41) is 5.59. The van der Waals surface area contributed by atoms with Crippen molar-refractivity contribution in [2.75, 3.05) is 25.5 Å². The van der Waals surface area contributed by atoms with Crippen LogP contribution in [0.1, 0.15) is 19.3 Å². The molecule has 2 amide bonds. The summed E-state index contributed by atoms with van der Waals surface area (Å²) in [5.74, 6) is -0.730. The number of carbonyl (C=O) groups is 2. The van der Waals surface area contributed by atoms with E-state index in [1.165, 1.54) is 6.08 Å². The lowest BCUT2D eigenvalue weighted by atomic mass is 9.89. The number of rotatable bonds is 5. The lowest BCUT2D eigenvalue weighted by molar-refractivity contribution is -0.126. The van der Waals surface area contributed by atoms with Gasteiger partial charge >= 0.3 is 0 Å². The molecule has 0 aromatic heterocycles. The number of sulfonamides is 1. The van der Waals surface area contributed by atoms with Gasteiger partial charge in [0.05, 0.1) is 11.3 Å². The lowest BCUT2D eigenvalue weighted by Crippen LogP contribution is -2.60. The second kappa shape index (κ2) is 6.76. The van der Waals surface area contributed by atoms with Crippen molar-refractivity contribution in [3.05, 3.63) is 12.7 Å². The van der Waals surface area contributed by atoms with Crippen LogP contribution in [-0.4, -0.2) is 57.3 Å². The quantitative estimate of drug-likeness (QED) is 0.539. The van der Waals surface area contributed by atoms with Crippen LogP contribution in [0, 0.1) is 0 Å². The van der Waals surface area contributed by atoms with Crippen molar-refractivity contribution in [3.8, 4) is 0 Å². The first kappa shape index (κ1) is 16.9. The van der Waals surface area contributed by atoms with E-state index in [0.717, 1.165) is 0 Å². The van der Waals surface area contributed by atoms with Crippen LogP contribution in [0.25, 0.3) is 0 Å². The maximum atomic E-state index is 12.3. The summed E-state index contributed by atoms with van der Waals surface area (Å²) < 4.78 is 30.4. The highest BCUT2D eigenvalue weighted by Gasteiger charge is 2.39. The number of amides is 2. The summed E-state index contributed by atoms with van der Waals surface area (Å²) in [7, 11) is -3.35. The smallest absolute Gasteiger partial charge is 0.243 e. The Labute approximate surface area is 129 Å². The molecule has 1 unspecified atom stereocenters. The Morgan fingerprint density at radius 3 is 2.59 bits per heavy atom. The molecule has 22 heavy (non-hydrogen) atoms. The molecular weight excluding hydrogens is 310 g/mol. The number of carbonyl (C=O) groups excluding carboxylic acids is 2. The van der Waals surface area contributed by atoms with E-state index >= 15 is 0 Å². The van der Waals surface area contributed by atoms with E-state index in [1.54, 1.807) is 0 Å². The Hall–Kier alpha value is -1.45. The van der Waals surface area contributed by atoms with Crippen LogP contribution in [-0.2, 0) is 24.3 Å². The van der Waals surface area contributed by atoms with E-state index in [0.29, 0.717) is 26.1 Å². The van der Waals surface area contributed by atoms with E-state index in [1.807, 2.05) is 0 Å². The fourth-order valence-corrected chi connectivity index (χ4v) is 3.90. The highest BCUT2D eigenvalue weighted by Crippen LogP contribution is 2.21. The van der Waals surface area contributed by atoms with Crippen LogP contribution in [0.3, 0.4) is 0 Å². The Morgan fingerprint density at radius 2 is 2.05 bits per heavy atom. The standard InChI is InChI=1S/C13H21N3O5S/c1-2-11(17)14-9-13(4-6-21-7-5-13)15-12(18)10-3-8-22(19,20)16-10/h2,10,16H,1,3-9H2,(H,14,17)(H,15,18). The summed E-state index contributed by atoms with van der Waals surface area (Å²) in [4.78, 5) is 23.7. The molecule has 0 aromatic carbocycles. The van der Waals surface area contributed by atoms with E-state index in [-0.39, 0.29) is 30.5 Å². The minimum absolute atomic E-state index is 0.0472. The third kappa shape index (κ3) is 4.28. The molecule has 2 aliphatic heterocycles. The maximum absolute atomic E-state index is 12.3.